The van der Waals surface area contributed by atoms with E-state index in [9.17, 15) is 43.2 Å². The van der Waals surface area contributed by atoms with Gasteiger partial charge in [-0.05, 0) is 69.9 Å². The molecule has 0 bridgehead atoms. The standard InChI is InChI=1S/C43H69N15O9/c1-25(59)52-30(15-9-21-50-43(47)48)38(64)58-34-23-28(60)12-6-3-7-13-31(37(63)53-27-16-17-27)54-35(61)24-51-36(62)29(14-8-20-49-42(45)46)55-40(66)33(22-26-10-4-2-5-11-26)57-39(65)32(18-19-44)56-41(34)67/h2,4-5,10-11,27,29-34H,3,6-9,12-24,44H2,1H3,(H,51,62)(H,52,59)(H,53,63)(H,54,61)(H,55,66)(H,56,67)(H,57,65)(H,58,64)(H4,45,46,49)(H4,47,48,50)/t29-,30-,31-,32-,33+,34-/m0/s1. The van der Waals surface area contributed by atoms with Crippen LogP contribution in [0.5, 0.6) is 0 Å². The number of nitrogens with two attached hydrogens (primary N) is 3. The van der Waals surface area contributed by atoms with Gasteiger partial charge < -0.3 is 70.4 Å². The van der Waals surface area contributed by atoms with Crippen molar-refractivity contribution in [3.05, 3.63) is 35.9 Å². The molecule has 1 aromatic carbocycles. The third kappa shape index (κ3) is 21.8. The molecule has 24 nitrogen and oxygen atoms in total. The van der Waals surface area contributed by atoms with E-state index in [0.717, 1.165) is 12.8 Å². The molecule has 3 rings (SSSR count). The van der Waals surface area contributed by atoms with Crippen LogP contribution in [0.1, 0.15) is 96.0 Å². The first kappa shape index (κ1) is 54.5. The number of guanidine groups is 2. The van der Waals surface area contributed by atoms with Crippen LogP contribution in [-0.2, 0) is 49.6 Å². The molecule has 24 heteroatoms. The molecule has 1 aliphatic heterocycles. The van der Waals surface area contributed by atoms with Crippen molar-refractivity contribution >= 4 is 65.0 Å². The van der Waals surface area contributed by atoms with Crippen molar-refractivity contribution < 1.29 is 43.2 Å². The van der Waals surface area contributed by atoms with Crippen LogP contribution in [0.4, 0.5) is 0 Å². The summed E-state index contributed by atoms with van der Waals surface area (Å²) < 4.78 is 0. The van der Waals surface area contributed by atoms with E-state index >= 15 is 0 Å². The van der Waals surface area contributed by atoms with Crippen LogP contribution in [-0.4, -0.2) is 133 Å². The number of carbonyl (C=O) groups excluding carboxylic acids is 9. The third-order valence-corrected chi connectivity index (χ3v) is 10.8. The van der Waals surface area contributed by atoms with Crippen LogP contribution >= 0.6 is 0 Å². The molecule has 0 radical (unpaired) electrons. The highest BCUT2D eigenvalue weighted by molar-refractivity contribution is 5.98. The fourth-order valence-electron chi connectivity index (χ4n) is 7.15. The molecule has 0 unspecified atom stereocenters. The largest absolute Gasteiger partial charge is 0.370 e. The Labute approximate surface area is 389 Å². The molecular weight excluding hydrogens is 871 g/mol. The maximum atomic E-state index is 14.2. The lowest BCUT2D eigenvalue weighted by Crippen LogP contribution is -2.60. The van der Waals surface area contributed by atoms with Crippen molar-refractivity contribution in [2.45, 2.75) is 139 Å². The molecule has 8 amide bonds. The fourth-order valence-corrected chi connectivity index (χ4v) is 7.15. The number of carbonyl (C=O) groups is 9. The van der Waals surface area contributed by atoms with E-state index in [1.54, 1.807) is 30.3 Å². The van der Waals surface area contributed by atoms with Crippen molar-refractivity contribution in [1.29, 1.82) is 10.8 Å². The Morgan fingerprint density at radius 1 is 0.746 bits per heavy atom. The van der Waals surface area contributed by atoms with E-state index in [2.05, 4.69) is 53.2 Å². The Balaban J connectivity index is 1.99. The zero-order valence-corrected chi connectivity index (χ0v) is 38.1. The number of ketones is 1. The second kappa shape index (κ2) is 28.9. The van der Waals surface area contributed by atoms with Gasteiger partial charge in [0.25, 0.3) is 0 Å². The second-order valence-electron chi connectivity index (χ2n) is 16.7. The van der Waals surface area contributed by atoms with Crippen LogP contribution in [0.3, 0.4) is 0 Å². The summed E-state index contributed by atoms with van der Waals surface area (Å²) in [4.78, 5) is 122. The van der Waals surface area contributed by atoms with E-state index in [-0.39, 0.29) is 89.0 Å². The number of benzene rings is 1. The van der Waals surface area contributed by atoms with Crippen LogP contribution in [0.25, 0.3) is 0 Å². The molecule has 0 aromatic heterocycles. The maximum absolute atomic E-state index is 14.2. The van der Waals surface area contributed by atoms with Gasteiger partial charge in [0.05, 0.1) is 6.54 Å². The number of Topliss-reactive ketones (excluding diaryl/α,β-unsaturated/α-hetero) is 1. The number of amides is 8. The summed E-state index contributed by atoms with van der Waals surface area (Å²) in [5, 5.41) is 41.2. The summed E-state index contributed by atoms with van der Waals surface area (Å²) >= 11 is 0. The van der Waals surface area contributed by atoms with Gasteiger partial charge in [-0.1, -0.05) is 43.2 Å². The van der Waals surface area contributed by atoms with E-state index in [1.807, 2.05) is 0 Å². The van der Waals surface area contributed by atoms with Crippen molar-refractivity contribution in [3.8, 4) is 0 Å². The summed E-state index contributed by atoms with van der Waals surface area (Å²) in [6, 6.07) is 0.993. The predicted molar refractivity (Wildman–Crippen MR) is 246 cm³/mol. The third-order valence-electron chi connectivity index (χ3n) is 10.8. The van der Waals surface area contributed by atoms with Crippen LogP contribution in [0, 0.1) is 10.8 Å². The van der Waals surface area contributed by atoms with E-state index in [4.69, 9.17) is 28.0 Å². The SMILES string of the molecule is CC(=O)N[C@@H](CCCNC(=N)N)C(=O)N[C@H]1CC(=O)CCCCC[C@@H](C(=O)NC2CC2)NC(=O)CNC(=O)[C@H](CCCNC(=N)N)NC(=O)[C@@H](Cc2ccccc2)NC(=O)[C@H](CCN)NC1=O. The molecule has 1 saturated carbocycles. The Morgan fingerprint density at radius 2 is 1.37 bits per heavy atom. The molecule has 1 aliphatic carbocycles. The normalized spacial score (nSPS) is 22.2. The molecule has 67 heavy (non-hydrogen) atoms. The minimum absolute atomic E-state index is 0.00762. The Bertz CT molecular complexity index is 1900. The number of hydrogen-bond acceptors (Lipinski definition) is 12. The highest BCUT2D eigenvalue weighted by atomic mass is 16.2. The Hall–Kier alpha value is -6.85. The monoisotopic (exact) mass is 940 g/mol. The van der Waals surface area contributed by atoms with Crippen LogP contribution < -0.4 is 70.4 Å². The van der Waals surface area contributed by atoms with Gasteiger partial charge in [-0.25, -0.2) is 0 Å². The number of nitrogens with one attached hydrogen (secondary N) is 12. The summed E-state index contributed by atoms with van der Waals surface area (Å²) in [5.41, 5.74) is 17.3. The molecule has 1 saturated heterocycles. The quantitative estimate of drug-likeness (QED) is 0.0407. The van der Waals surface area contributed by atoms with Crippen molar-refractivity contribution in [1.82, 2.24) is 53.2 Å². The van der Waals surface area contributed by atoms with E-state index < -0.39 is 102 Å². The minimum atomic E-state index is -1.54. The smallest absolute Gasteiger partial charge is 0.243 e. The van der Waals surface area contributed by atoms with Gasteiger partial charge >= 0.3 is 0 Å². The summed E-state index contributed by atoms with van der Waals surface area (Å²) in [5.74, 6) is -6.73. The van der Waals surface area contributed by atoms with E-state index in [0.29, 0.717) is 24.8 Å². The molecule has 6 atom stereocenters. The Morgan fingerprint density at radius 3 is 2.01 bits per heavy atom. The highest BCUT2D eigenvalue weighted by Gasteiger charge is 2.34. The zero-order valence-electron chi connectivity index (χ0n) is 38.1. The Kier molecular flexibility index (Phi) is 23.5. The topological polar surface area (TPSA) is 400 Å². The zero-order chi connectivity index (χ0) is 49.3. The van der Waals surface area contributed by atoms with E-state index in [1.165, 1.54) is 6.92 Å². The average Bonchev–Trinajstić information content (AvgIpc) is 4.10. The highest BCUT2D eigenvalue weighted by Crippen LogP contribution is 2.19. The van der Waals surface area contributed by atoms with Gasteiger partial charge in [-0.3, -0.25) is 54.0 Å². The van der Waals surface area contributed by atoms with Gasteiger partial charge in [0.1, 0.15) is 42.0 Å². The lowest BCUT2D eigenvalue weighted by atomic mass is 10.0. The van der Waals surface area contributed by atoms with Crippen molar-refractivity contribution in [2.75, 3.05) is 26.2 Å². The van der Waals surface area contributed by atoms with Gasteiger partial charge in [0.2, 0.25) is 47.3 Å². The summed E-state index contributed by atoms with van der Waals surface area (Å²) in [6.45, 7) is 0.914. The lowest BCUT2D eigenvalue weighted by molar-refractivity contribution is -0.136. The van der Waals surface area contributed by atoms with Crippen LogP contribution in [0.2, 0.25) is 0 Å². The van der Waals surface area contributed by atoms with Crippen molar-refractivity contribution in [2.24, 2.45) is 17.2 Å². The first-order chi connectivity index (χ1) is 31.9. The number of rotatable bonds is 17. The van der Waals surface area contributed by atoms with Gasteiger partial charge in [-0.15, -0.1) is 0 Å². The van der Waals surface area contributed by atoms with Gasteiger partial charge in [0, 0.05) is 45.3 Å². The average molecular weight is 940 g/mol. The minimum Gasteiger partial charge on any atom is -0.370 e. The molecule has 1 aromatic rings. The van der Waals surface area contributed by atoms with Crippen LogP contribution in [0.15, 0.2) is 30.3 Å². The number of hydrogen-bond donors (Lipinski definition) is 15. The fraction of sp³-hybridized carbons (Fsp3) is 0.605. The predicted octanol–water partition coefficient (Wildman–Crippen LogP) is -3.65. The summed E-state index contributed by atoms with van der Waals surface area (Å²) in [6.07, 6.45) is 2.81. The molecule has 0 spiro atoms. The van der Waals surface area contributed by atoms with Gasteiger partial charge in [-0.2, -0.15) is 0 Å². The molecule has 18 N–H and O–H groups in total. The molecule has 370 valence electrons. The first-order valence-corrected chi connectivity index (χ1v) is 22.7. The first-order valence-electron chi connectivity index (χ1n) is 22.7. The lowest BCUT2D eigenvalue weighted by Gasteiger charge is -2.27. The second-order valence-corrected chi connectivity index (χ2v) is 16.7. The molecule has 2 aliphatic rings. The van der Waals surface area contributed by atoms with Gasteiger partial charge in [0.15, 0.2) is 11.9 Å². The molecule has 1 heterocycles. The van der Waals surface area contributed by atoms with Crippen molar-refractivity contribution in [3.63, 3.8) is 0 Å². The summed E-state index contributed by atoms with van der Waals surface area (Å²) in [7, 11) is 0. The molecular formula is C43H69N15O9. The maximum Gasteiger partial charge on any atom is 0.243 e. The molecule has 2 fully saturated rings.